The summed E-state index contributed by atoms with van der Waals surface area (Å²) in [7, 11) is 0. The van der Waals surface area contributed by atoms with Crippen molar-refractivity contribution in [3.63, 3.8) is 0 Å². The van der Waals surface area contributed by atoms with E-state index in [9.17, 15) is 0 Å². The first-order valence-corrected chi connectivity index (χ1v) is 8.56. The Bertz CT molecular complexity index is 584. The van der Waals surface area contributed by atoms with E-state index in [1.165, 1.54) is 22.3 Å². The van der Waals surface area contributed by atoms with Crippen molar-refractivity contribution in [2.75, 3.05) is 0 Å². The highest BCUT2D eigenvalue weighted by atomic mass is 16.5. The first-order chi connectivity index (χ1) is 10.2. The molecule has 0 aromatic carbocycles. The van der Waals surface area contributed by atoms with E-state index in [-0.39, 0.29) is 6.10 Å². The van der Waals surface area contributed by atoms with Crippen LogP contribution in [0.5, 0.6) is 0 Å². The van der Waals surface area contributed by atoms with Gasteiger partial charge in [0.1, 0.15) is 6.10 Å². The lowest BCUT2D eigenvalue weighted by Gasteiger charge is -2.34. The van der Waals surface area contributed by atoms with Crippen LogP contribution in [0.25, 0.3) is 0 Å². The summed E-state index contributed by atoms with van der Waals surface area (Å²) >= 11 is 0. The second kappa shape index (κ2) is 6.44. The van der Waals surface area contributed by atoms with Gasteiger partial charge in [0.25, 0.3) is 0 Å². The standard InChI is InChI=1S/C20H31NO/c1-11(2)17-9-13(5)15(7)22-16(8)19-14(6)21-10-18(12(3)4)20(17)19/h10-12,16-17H,9H2,1-8H3/b15-13-/t16-,17?/m0/s1. The van der Waals surface area contributed by atoms with E-state index >= 15 is 0 Å². The van der Waals surface area contributed by atoms with Crippen LogP contribution in [0.3, 0.4) is 0 Å². The van der Waals surface area contributed by atoms with Crippen molar-refractivity contribution in [3.05, 3.63) is 39.9 Å². The van der Waals surface area contributed by atoms with Crippen LogP contribution in [0.1, 0.15) is 95.2 Å². The first kappa shape index (κ1) is 17.1. The van der Waals surface area contributed by atoms with Gasteiger partial charge in [-0.2, -0.15) is 0 Å². The number of hydrogen-bond acceptors (Lipinski definition) is 2. The molecular formula is C20H31NO. The average Bonchev–Trinajstić information content (AvgIpc) is 2.41. The Hall–Kier alpha value is -1.31. The Morgan fingerprint density at radius 1 is 1.09 bits per heavy atom. The zero-order valence-corrected chi connectivity index (χ0v) is 15.4. The van der Waals surface area contributed by atoms with E-state index in [1.807, 2.05) is 0 Å². The molecule has 2 nitrogen and oxygen atoms in total. The van der Waals surface area contributed by atoms with Gasteiger partial charge in [-0.05, 0) is 68.6 Å². The highest BCUT2D eigenvalue weighted by molar-refractivity contribution is 5.43. The minimum absolute atomic E-state index is 0.0673. The van der Waals surface area contributed by atoms with E-state index in [2.05, 4.69) is 66.6 Å². The van der Waals surface area contributed by atoms with Gasteiger partial charge in [-0.25, -0.2) is 0 Å². The molecule has 0 N–H and O–H groups in total. The van der Waals surface area contributed by atoms with E-state index in [0.29, 0.717) is 17.8 Å². The van der Waals surface area contributed by atoms with Gasteiger partial charge < -0.3 is 4.74 Å². The Morgan fingerprint density at radius 3 is 2.27 bits per heavy atom. The fourth-order valence-corrected chi connectivity index (χ4v) is 3.61. The average molecular weight is 301 g/mol. The number of nitrogens with zero attached hydrogens (tertiary/aromatic N) is 1. The molecule has 0 radical (unpaired) electrons. The molecule has 1 aromatic heterocycles. The minimum Gasteiger partial charge on any atom is -0.491 e. The molecule has 0 amide bonds. The lowest BCUT2D eigenvalue weighted by atomic mass is 9.76. The van der Waals surface area contributed by atoms with Crippen molar-refractivity contribution >= 4 is 0 Å². The number of aromatic nitrogens is 1. The largest absolute Gasteiger partial charge is 0.491 e. The van der Waals surface area contributed by atoms with Crippen LogP contribution < -0.4 is 0 Å². The van der Waals surface area contributed by atoms with E-state index in [4.69, 9.17) is 4.74 Å². The maximum atomic E-state index is 6.21. The molecule has 0 aliphatic carbocycles. The Labute approximate surface area is 136 Å². The smallest absolute Gasteiger partial charge is 0.122 e. The molecule has 0 saturated heterocycles. The summed E-state index contributed by atoms with van der Waals surface area (Å²) in [4.78, 5) is 4.68. The van der Waals surface area contributed by atoms with Crippen molar-refractivity contribution in [1.82, 2.24) is 4.98 Å². The third-order valence-corrected chi connectivity index (χ3v) is 5.07. The summed E-state index contributed by atoms with van der Waals surface area (Å²) in [5.74, 6) is 2.71. The lowest BCUT2D eigenvalue weighted by molar-refractivity contribution is 0.125. The summed E-state index contributed by atoms with van der Waals surface area (Å²) in [6, 6.07) is 0. The lowest BCUT2D eigenvalue weighted by Crippen LogP contribution is -2.20. The molecule has 2 heterocycles. The van der Waals surface area contributed by atoms with Crippen LogP contribution >= 0.6 is 0 Å². The van der Waals surface area contributed by atoms with E-state index in [1.54, 1.807) is 0 Å². The monoisotopic (exact) mass is 301 g/mol. The molecule has 2 heteroatoms. The Balaban J connectivity index is 2.75. The number of aryl methyl sites for hydroxylation is 1. The number of pyridine rings is 1. The van der Waals surface area contributed by atoms with E-state index < -0.39 is 0 Å². The quantitative estimate of drug-likeness (QED) is 0.665. The normalized spacial score (nSPS) is 25.7. The summed E-state index contributed by atoms with van der Waals surface area (Å²) < 4.78 is 6.21. The van der Waals surface area contributed by atoms with Gasteiger partial charge in [-0.1, -0.05) is 27.7 Å². The van der Waals surface area contributed by atoms with Crippen LogP contribution in [-0.4, -0.2) is 4.98 Å². The molecule has 1 aromatic rings. The summed E-state index contributed by atoms with van der Waals surface area (Å²) in [6.07, 6.45) is 3.23. The fourth-order valence-electron chi connectivity index (χ4n) is 3.61. The SMILES string of the molecule is C/C1=C(\C)O[C@@H](C)c2c(C)ncc(C(C)C)c2C(C(C)C)C1. The molecule has 2 rings (SSSR count). The van der Waals surface area contributed by atoms with Gasteiger partial charge >= 0.3 is 0 Å². The molecule has 0 saturated carbocycles. The van der Waals surface area contributed by atoms with Crippen molar-refractivity contribution in [2.24, 2.45) is 5.92 Å². The molecular weight excluding hydrogens is 270 g/mol. The van der Waals surface area contributed by atoms with Crippen LogP contribution in [0.4, 0.5) is 0 Å². The van der Waals surface area contributed by atoms with Crippen LogP contribution in [-0.2, 0) is 4.74 Å². The van der Waals surface area contributed by atoms with Gasteiger partial charge in [0, 0.05) is 17.5 Å². The molecule has 22 heavy (non-hydrogen) atoms. The van der Waals surface area contributed by atoms with Crippen molar-refractivity contribution in [2.45, 2.75) is 79.8 Å². The molecule has 1 aliphatic rings. The molecule has 0 spiro atoms. The number of fused-ring (bicyclic) bond motifs is 1. The maximum absolute atomic E-state index is 6.21. The number of allylic oxidation sites excluding steroid dienone is 2. The summed E-state index contributed by atoms with van der Waals surface area (Å²) in [5, 5.41) is 0. The number of hydrogen-bond donors (Lipinski definition) is 0. The fraction of sp³-hybridized carbons (Fsp3) is 0.650. The third-order valence-electron chi connectivity index (χ3n) is 5.07. The molecule has 0 bridgehead atoms. The molecule has 1 aliphatic heterocycles. The van der Waals surface area contributed by atoms with Crippen LogP contribution in [0.2, 0.25) is 0 Å². The number of rotatable bonds is 2. The summed E-state index contributed by atoms with van der Waals surface area (Å²) in [5.41, 5.74) is 6.70. The van der Waals surface area contributed by atoms with E-state index in [0.717, 1.165) is 17.9 Å². The molecule has 0 fully saturated rings. The predicted molar refractivity (Wildman–Crippen MR) is 93.1 cm³/mol. The topological polar surface area (TPSA) is 22.1 Å². The van der Waals surface area contributed by atoms with Gasteiger partial charge in [-0.3, -0.25) is 4.98 Å². The van der Waals surface area contributed by atoms with Crippen molar-refractivity contribution in [1.29, 1.82) is 0 Å². The first-order valence-electron chi connectivity index (χ1n) is 8.56. The number of ether oxygens (including phenoxy) is 1. The van der Waals surface area contributed by atoms with Crippen LogP contribution in [0.15, 0.2) is 17.5 Å². The second-order valence-electron chi connectivity index (χ2n) is 7.43. The zero-order chi connectivity index (χ0) is 16.6. The maximum Gasteiger partial charge on any atom is 0.122 e. The molecule has 2 atom stereocenters. The predicted octanol–water partition coefficient (Wildman–Crippen LogP) is 6.03. The van der Waals surface area contributed by atoms with Crippen molar-refractivity contribution < 1.29 is 4.74 Å². The van der Waals surface area contributed by atoms with Crippen molar-refractivity contribution in [3.8, 4) is 0 Å². The third kappa shape index (κ3) is 3.06. The second-order valence-corrected chi connectivity index (χ2v) is 7.43. The van der Waals surface area contributed by atoms with Gasteiger partial charge in [0.2, 0.25) is 0 Å². The van der Waals surface area contributed by atoms with Gasteiger partial charge in [0.15, 0.2) is 0 Å². The molecule has 122 valence electrons. The van der Waals surface area contributed by atoms with Gasteiger partial charge in [0.05, 0.1) is 5.76 Å². The Morgan fingerprint density at radius 2 is 1.73 bits per heavy atom. The zero-order valence-electron chi connectivity index (χ0n) is 15.4. The highest BCUT2D eigenvalue weighted by Crippen LogP contribution is 2.43. The highest BCUT2D eigenvalue weighted by Gasteiger charge is 2.30. The van der Waals surface area contributed by atoms with Crippen LogP contribution in [0, 0.1) is 12.8 Å². The molecule has 1 unspecified atom stereocenters. The summed E-state index contributed by atoms with van der Waals surface area (Å²) in [6.45, 7) is 17.8. The Kier molecular flexibility index (Phi) is 4.99. The minimum atomic E-state index is 0.0673. The van der Waals surface area contributed by atoms with Gasteiger partial charge in [-0.15, -0.1) is 0 Å².